The van der Waals surface area contributed by atoms with Crippen molar-refractivity contribution in [3.05, 3.63) is 52.3 Å². The molecule has 0 aliphatic carbocycles. The molecular formula is C18H25ClN4O. The summed E-state index contributed by atoms with van der Waals surface area (Å²) in [6.45, 7) is 6.66. The van der Waals surface area contributed by atoms with Crippen molar-refractivity contribution >= 4 is 17.5 Å². The van der Waals surface area contributed by atoms with E-state index in [0.717, 1.165) is 11.3 Å². The van der Waals surface area contributed by atoms with Crippen LogP contribution in [0.3, 0.4) is 0 Å². The molecule has 2 aromatic rings. The molecule has 0 fully saturated rings. The highest BCUT2D eigenvalue weighted by atomic mass is 35.5. The van der Waals surface area contributed by atoms with E-state index in [9.17, 15) is 4.79 Å². The van der Waals surface area contributed by atoms with E-state index in [2.05, 4.69) is 36.3 Å². The summed E-state index contributed by atoms with van der Waals surface area (Å²) < 4.78 is 0. The monoisotopic (exact) mass is 348 g/mol. The Kier molecular flexibility index (Phi) is 5.67. The van der Waals surface area contributed by atoms with Gasteiger partial charge in [-0.2, -0.15) is 5.10 Å². The van der Waals surface area contributed by atoms with Gasteiger partial charge in [-0.3, -0.25) is 9.89 Å². The van der Waals surface area contributed by atoms with Crippen molar-refractivity contribution in [1.29, 1.82) is 0 Å². The molecule has 0 bridgehead atoms. The fourth-order valence-corrected chi connectivity index (χ4v) is 2.68. The number of aromatic amines is 1. The first-order valence-electron chi connectivity index (χ1n) is 7.95. The first-order chi connectivity index (χ1) is 11.2. The van der Waals surface area contributed by atoms with Gasteiger partial charge in [0.2, 0.25) is 0 Å². The maximum absolute atomic E-state index is 12.4. The van der Waals surface area contributed by atoms with Crippen molar-refractivity contribution in [3.8, 4) is 0 Å². The second kappa shape index (κ2) is 7.36. The molecule has 0 spiro atoms. The van der Waals surface area contributed by atoms with Crippen molar-refractivity contribution in [2.75, 3.05) is 20.6 Å². The van der Waals surface area contributed by atoms with E-state index in [4.69, 9.17) is 11.6 Å². The Morgan fingerprint density at radius 2 is 2.00 bits per heavy atom. The van der Waals surface area contributed by atoms with E-state index in [1.54, 1.807) is 6.07 Å². The Bertz CT molecular complexity index is 703. The van der Waals surface area contributed by atoms with Gasteiger partial charge in [0.1, 0.15) is 5.69 Å². The number of likely N-dealkylation sites (N-methyl/N-ethyl adjacent to an activating group) is 1. The van der Waals surface area contributed by atoms with Gasteiger partial charge in [-0.15, -0.1) is 0 Å². The van der Waals surface area contributed by atoms with E-state index >= 15 is 0 Å². The van der Waals surface area contributed by atoms with Crippen LogP contribution in [0, 0.1) is 0 Å². The zero-order chi connectivity index (χ0) is 17.9. The molecule has 1 unspecified atom stereocenters. The van der Waals surface area contributed by atoms with Gasteiger partial charge in [-0.25, -0.2) is 0 Å². The van der Waals surface area contributed by atoms with E-state index in [0.29, 0.717) is 17.3 Å². The lowest BCUT2D eigenvalue weighted by Gasteiger charge is -2.25. The lowest BCUT2D eigenvalue weighted by molar-refractivity contribution is 0.0937. The Morgan fingerprint density at radius 1 is 1.33 bits per heavy atom. The number of aromatic nitrogens is 2. The maximum atomic E-state index is 12.4. The minimum atomic E-state index is -0.194. The van der Waals surface area contributed by atoms with Gasteiger partial charge in [0.25, 0.3) is 5.91 Å². The maximum Gasteiger partial charge on any atom is 0.271 e. The van der Waals surface area contributed by atoms with Crippen molar-refractivity contribution in [1.82, 2.24) is 20.4 Å². The number of rotatable bonds is 5. The Balaban J connectivity index is 2.08. The number of nitrogens with zero attached hydrogens (tertiary/aromatic N) is 2. The second-order valence-corrected chi connectivity index (χ2v) is 7.54. The minimum absolute atomic E-state index is 0.0105. The number of nitrogens with one attached hydrogen (secondary N) is 2. The molecule has 0 aliphatic heterocycles. The van der Waals surface area contributed by atoms with Gasteiger partial charge in [0, 0.05) is 22.7 Å². The molecular weight excluding hydrogens is 324 g/mol. The largest absolute Gasteiger partial charge is 0.349 e. The minimum Gasteiger partial charge on any atom is -0.349 e. The molecule has 6 heteroatoms. The highest BCUT2D eigenvalue weighted by Crippen LogP contribution is 2.25. The number of hydrogen-bond donors (Lipinski definition) is 2. The van der Waals surface area contributed by atoms with Crippen LogP contribution in [-0.4, -0.2) is 41.6 Å². The average molecular weight is 349 g/mol. The van der Waals surface area contributed by atoms with Gasteiger partial charge in [-0.05, 0) is 31.8 Å². The summed E-state index contributed by atoms with van der Waals surface area (Å²) in [6.07, 6.45) is 0. The Morgan fingerprint density at radius 3 is 2.54 bits per heavy atom. The number of halogens is 1. The van der Waals surface area contributed by atoms with Crippen molar-refractivity contribution in [2.45, 2.75) is 32.2 Å². The molecule has 1 atom stereocenters. The van der Waals surface area contributed by atoms with Crippen molar-refractivity contribution in [2.24, 2.45) is 0 Å². The molecule has 130 valence electrons. The zero-order valence-corrected chi connectivity index (χ0v) is 15.6. The second-order valence-electron chi connectivity index (χ2n) is 7.13. The van der Waals surface area contributed by atoms with Crippen LogP contribution in [0.5, 0.6) is 0 Å². The van der Waals surface area contributed by atoms with Gasteiger partial charge in [0.15, 0.2) is 0 Å². The Hall–Kier alpha value is -1.85. The molecule has 2 rings (SSSR count). The van der Waals surface area contributed by atoms with Crippen molar-refractivity contribution in [3.63, 3.8) is 0 Å². The lowest BCUT2D eigenvalue weighted by Crippen LogP contribution is -2.34. The van der Waals surface area contributed by atoms with E-state index in [1.165, 1.54) is 0 Å². The predicted octanol–water partition coefficient (Wildman–Crippen LogP) is 3.39. The fraction of sp³-hybridized carbons (Fsp3) is 0.444. The van der Waals surface area contributed by atoms with E-state index < -0.39 is 0 Å². The van der Waals surface area contributed by atoms with Crippen LogP contribution in [0.15, 0.2) is 30.3 Å². The van der Waals surface area contributed by atoms with Crippen LogP contribution >= 0.6 is 11.6 Å². The summed E-state index contributed by atoms with van der Waals surface area (Å²) in [5, 5.41) is 10.7. The third-order valence-corrected chi connectivity index (χ3v) is 4.31. The summed E-state index contributed by atoms with van der Waals surface area (Å²) in [5.41, 5.74) is 2.25. The third kappa shape index (κ3) is 4.36. The van der Waals surface area contributed by atoms with E-state index in [-0.39, 0.29) is 17.4 Å². The topological polar surface area (TPSA) is 61.0 Å². The SMILES string of the molecule is CN(C)C(CNC(=O)c1cc(C(C)(C)C)[nH]n1)c1ccccc1Cl. The quantitative estimate of drug-likeness (QED) is 0.870. The van der Waals surface area contributed by atoms with Crippen LogP contribution in [0.2, 0.25) is 5.02 Å². The van der Waals surface area contributed by atoms with Crippen LogP contribution in [0.4, 0.5) is 0 Å². The van der Waals surface area contributed by atoms with Gasteiger partial charge in [-0.1, -0.05) is 50.6 Å². The number of benzene rings is 1. The van der Waals surface area contributed by atoms with Crippen LogP contribution in [-0.2, 0) is 5.41 Å². The summed E-state index contributed by atoms with van der Waals surface area (Å²) >= 11 is 6.29. The highest BCUT2D eigenvalue weighted by Gasteiger charge is 2.21. The molecule has 2 N–H and O–H groups in total. The number of carbonyl (C=O) groups is 1. The Labute approximate surface area is 148 Å². The normalized spacial score (nSPS) is 13.1. The molecule has 0 radical (unpaired) electrons. The molecule has 0 saturated carbocycles. The molecule has 1 amide bonds. The van der Waals surface area contributed by atoms with Gasteiger partial charge in [0.05, 0.1) is 6.04 Å². The van der Waals surface area contributed by atoms with Crippen LogP contribution in [0.25, 0.3) is 0 Å². The molecule has 24 heavy (non-hydrogen) atoms. The van der Waals surface area contributed by atoms with Gasteiger partial charge >= 0.3 is 0 Å². The molecule has 1 aromatic heterocycles. The van der Waals surface area contributed by atoms with Crippen LogP contribution < -0.4 is 5.32 Å². The summed E-state index contributed by atoms with van der Waals surface area (Å²) in [7, 11) is 3.93. The zero-order valence-electron chi connectivity index (χ0n) is 14.9. The number of amides is 1. The van der Waals surface area contributed by atoms with Crippen molar-refractivity contribution < 1.29 is 4.79 Å². The number of carbonyl (C=O) groups excluding carboxylic acids is 1. The lowest BCUT2D eigenvalue weighted by atomic mass is 9.92. The predicted molar refractivity (Wildman–Crippen MR) is 97.5 cm³/mol. The van der Waals surface area contributed by atoms with Crippen LogP contribution in [0.1, 0.15) is 48.6 Å². The average Bonchev–Trinajstić information content (AvgIpc) is 2.98. The first kappa shape index (κ1) is 18.5. The third-order valence-electron chi connectivity index (χ3n) is 3.96. The molecule has 1 heterocycles. The fourth-order valence-electron chi connectivity index (χ4n) is 2.42. The van der Waals surface area contributed by atoms with Gasteiger partial charge < -0.3 is 10.2 Å². The molecule has 0 aliphatic rings. The summed E-state index contributed by atoms with van der Waals surface area (Å²) in [5.74, 6) is -0.194. The highest BCUT2D eigenvalue weighted by molar-refractivity contribution is 6.31. The summed E-state index contributed by atoms with van der Waals surface area (Å²) in [6, 6.07) is 9.47. The molecule has 5 nitrogen and oxygen atoms in total. The summed E-state index contributed by atoms with van der Waals surface area (Å²) in [4.78, 5) is 14.4. The van der Waals surface area contributed by atoms with E-state index in [1.807, 2.05) is 43.3 Å². The molecule has 1 aromatic carbocycles. The first-order valence-corrected chi connectivity index (χ1v) is 8.33. The molecule has 0 saturated heterocycles. The number of H-pyrrole nitrogens is 1. The standard InChI is InChI=1S/C18H25ClN4O/c1-18(2,3)16-10-14(21-22-16)17(24)20-11-15(23(4)5)12-8-6-7-9-13(12)19/h6-10,15H,11H2,1-5H3,(H,20,24)(H,21,22). The number of hydrogen-bond acceptors (Lipinski definition) is 3. The smallest absolute Gasteiger partial charge is 0.271 e.